The fraction of sp³-hybridized carbons (Fsp3) is 0.154. The minimum absolute atomic E-state index is 0.0969. The van der Waals surface area contributed by atoms with Gasteiger partial charge in [-0.2, -0.15) is 0 Å². The molecule has 0 aliphatic heterocycles. The number of rotatable bonds is 5. The van der Waals surface area contributed by atoms with Crippen molar-refractivity contribution in [1.29, 1.82) is 0 Å². The Labute approximate surface area is 118 Å². The van der Waals surface area contributed by atoms with Crippen molar-refractivity contribution < 1.29 is 9.66 Å². The Hall–Kier alpha value is -1.95. The summed E-state index contributed by atoms with van der Waals surface area (Å²) in [6, 6.07) is 10.1. The van der Waals surface area contributed by atoms with E-state index in [4.69, 9.17) is 4.74 Å². The summed E-state index contributed by atoms with van der Waals surface area (Å²) in [7, 11) is 0. The number of nitrogens with zero attached hydrogens (tertiary/aromatic N) is 2. The number of halogens is 1. The highest BCUT2D eigenvalue weighted by atomic mass is 79.9. The van der Waals surface area contributed by atoms with Crippen LogP contribution in [0.5, 0.6) is 5.75 Å². The van der Waals surface area contributed by atoms with Crippen molar-refractivity contribution in [3.8, 4) is 5.75 Å². The third-order valence-corrected chi connectivity index (χ3v) is 3.12. The summed E-state index contributed by atoms with van der Waals surface area (Å²) in [5.74, 6) is 0.685. The van der Waals surface area contributed by atoms with E-state index in [1.165, 1.54) is 12.1 Å². The number of ether oxygens (including phenoxy) is 1. The molecule has 1 heterocycles. The molecule has 0 saturated heterocycles. The normalized spacial score (nSPS) is 10.2. The number of hydrogen-bond donors (Lipinski definition) is 0. The zero-order chi connectivity index (χ0) is 13.7. The highest BCUT2D eigenvalue weighted by Gasteiger charge is 2.04. The van der Waals surface area contributed by atoms with Gasteiger partial charge in [-0.25, -0.2) is 4.98 Å². The second-order valence-corrected chi connectivity index (χ2v) is 4.57. The lowest BCUT2D eigenvalue weighted by atomic mass is 10.1. The molecule has 5 nitrogen and oxygen atoms in total. The van der Waals surface area contributed by atoms with Gasteiger partial charge in [-0.05, 0) is 33.6 Å². The van der Waals surface area contributed by atoms with E-state index in [1.807, 2.05) is 6.07 Å². The molecule has 6 heteroatoms. The van der Waals surface area contributed by atoms with E-state index < -0.39 is 4.92 Å². The number of aromatic nitrogens is 1. The fourth-order valence-electron chi connectivity index (χ4n) is 1.54. The molecule has 0 atom stereocenters. The van der Waals surface area contributed by atoms with E-state index >= 15 is 0 Å². The predicted octanol–water partition coefficient (Wildman–Crippen LogP) is 3.37. The Bertz CT molecular complexity index is 572. The molecule has 0 radical (unpaired) electrons. The molecule has 98 valence electrons. The van der Waals surface area contributed by atoms with Gasteiger partial charge < -0.3 is 4.74 Å². The summed E-state index contributed by atoms with van der Waals surface area (Å²) in [6.45, 7) is 0.488. The SMILES string of the molecule is O=[N+]([O-])c1ccc(CCOc2cccnc2Br)cc1. The van der Waals surface area contributed by atoms with Crippen molar-refractivity contribution in [3.63, 3.8) is 0 Å². The van der Waals surface area contributed by atoms with Crippen LogP contribution < -0.4 is 4.74 Å². The van der Waals surface area contributed by atoms with Gasteiger partial charge in [-0.3, -0.25) is 10.1 Å². The molecule has 0 saturated carbocycles. The summed E-state index contributed by atoms with van der Waals surface area (Å²) in [5, 5.41) is 10.5. The Morgan fingerprint density at radius 1 is 1.26 bits per heavy atom. The van der Waals surface area contributed by atoms with E-state index in [1.54, 1.807) is 24.4 Å². The van der Waals surface area contributed by atoms with Crippen molar-refractivity contribution in [2.75, 3.05) is 6.61 Å². The largest absolute Gasteiger partial charge is 0.490 e. The van der Waals surface area contributed by atoms with Crippen molar-refractivity contribution in [2.24, 2.45) is 0 Å². The topological polar surface area (TPSA) is 65.3 Å². The molecule has 1 aromatic carbocycles. The summed E-state index contributed by atoms with van der Waals surface area (Å²) < 4.78 is 6.24. The van der Waals surface area contributed by atoms with Crippen molar-refractivity contribution in [2.45, 2.75) is 6.42 Å². The predicted molar refractivity (Wildman–Crippen MR) is 74.2 cm³/mol. The maximum Gasteiger partial charge on any atom is 0.269 e. The van der Waals surface area contributed by atoms with Crippen LogP contribution >= 0.6 is 15.9 Å². The van der Waals surface area contributed by atoms with Crippen LogP contribution in [0.25, 0.3) is 0 Å². The summed E-state index contributed by atoms with van der Waals surface area (Å²) >= 11 is 3.30. The van der Waals surface area contributed by atoms with E-state index in [0.29, 0.717) is 23.4 Å². The Kier molecular flexibility index (Phi) is 4.46. The molecule has 0 bridgehead atoms. The molecule has 0 spiro atoms. The molecular weight excluding hydrogens is 312 g/mol. The number of hydrogen-bond acceptors (Lipinski definition) is 4. The zero-order valence-electron chi connectivity index (χ0n) is 9.95. The first kappa shape index (κ1) is 13.5. The number of pyridine rings is 1. The Morgan fingerprint density at radius 2 is 2.00 bits per heavy atom. The lowest BCUT2D eigenvalue weighted by Gasteiger charge is -2.07. The molecule has 0 fully saturated rings. The zero-order valence-corrected chi connectivity index (χ0v) is 11.5. The van der Waals surface area contributed by atoms with Gasteiger partial charge in [0, 0.05) is 24.8 Å². The van der Waals surface area contributed by atoms with Crippen LogP contribution in [0, 0.1) is 10.1 Å². The molecule has 2 rings (SSSR count). The van der Waals surface area contributed by atoms with Crippen LogP contribution in [0.2, 0.25) is 0 Å². The average Bonchev–Trinajstić information content (AvgIpc) is 2.41. The first-order valence-electron chi connectivity index (χ1n) is 5.63. The first-order chi connectivity index (χ1) is 9.16. The number of nitro benzene ring substituents is 1. The highest BCUT2D eigenvalue weighted by molar-refractivity contribution is 9.10. The Morgan fingerprint density at radius 3 is 2.63 bits per heavy atom. The number of benzene rings is 1. The second kappa shape index (κ2) is 6.29. The minimum Gasteiger partial charge on any atom is -0.490 e. The Balaban J connectivity index is 1.89. The average molecular weight is 323 g/mol. The van der Waals surface area contributed by atoms with Gasteiger partial charge in [0.25, 0.3) is 5.69 Å². The van der Waals surface area contributed by atoms with E-state index in [9.17, 15) is 10.1 Å². The molecule has 1 aromatic heterocycles. The minimum atomic E-state index is -0.410. The monoisotopic (exact) mass is 322 g/mol. The lowest BCUT2D eigenvalue weighted by Crippen LogP contribution is -2.02. The molecular formula is C13H11BrN2O3. The van der Waals surface area contributed by atoms with Crippen LogP contribution in [0.1, 0.15) is 5.56 Å². The van der Waals surface area contributed by atoms with E-state index in [0.717, 1.165) is 5.56 Å². The lowest BCUT2D eigenvalue weighted by molar-refractivity contribution is -0.384. The number of nitro groups is 1. The van der Waals surface area contributed by atoms with E-state index in [2.05, 4.69) is 20.9 Å². The van der Waals surface area contributed by atoms with Crippen LogP contribution in [0.15, 0.2) is 47.2 Å². The van der Waals surface area contributed by atoms with Gasteiger partial charge in [0.15, 0.2) is 5.75 Å². The maximum atomic E-state index is 10.5. The summed E-state index contributed by atoms with van der Waals surface area (Å²) in [4.78, 5) is 14.2. The van der Waals surface area contributed by atoms with Crippen LogP contribution in [0.4, 0.5) is 5.69 Å². The molecule has 0 unspecified atom stereocenters. The van der Waals surface area contributed by atoms with Gasteiger partial charge in [-0.1, -0.05) is 12.1 Å². The second-order valence-electron chi connectivity index (χ2n) is 3.81. The van der Waals surface area contributed by atoms with Gasteiger partial charge in [0.1, 0.15) is 4.60 Å². The van der Waals surface area contributed by atoms with Crippen LogP contribution in [0.3, 0.4) is 0 Å². The van der Waals surface area contributed by atoms with Crippen molar-refractivity contribution >= 4 is 21.6 Å². The highest BCUT2D eigenvalue weighted by Crippen LogP contribution is 2.21. The fourth-order valence-corrected chi connectivity index (χ4v) is 1.91. The molecule has 0 amide bonds. The standard InChI is InChI=1S/C13H11BrN2O3/c14-13-12(2-1-8-15-13)19-9-7-10-3-5-11(6-4-10)16(17)18/h1-6,8H,7,9H2. The van der Waals surface area contributed by atoms with Gasteiger partial charge >= 0.3 is 0 Å². The van der Waals surface area contributed by atoms with Gasteiger partial charge in [0.05, 0.1) is 11.5 Å². The third kappa shape index (κ3) is 3.75. The molecule has 0 N–H and O–H groups in total. The quantitative estimate of drug-likeness (QED) is 0.481. The smallest absolute Gasteiger partial charge is 0.269 e. The molecule has 2 aromatic rings. The molecule has 19 heavy (non-hydrogen) atoms. The van der Waals surface area contributed by atoms with Gasteiger partial charge in [-0.15, -0.1) is 0 Å². The third-order valence-electron chi connectivity index (χ3n) is 2.52. The molecule has 0 aliphatic rings. The van der Waals surface area contributed by atoms with Crippen LogP contribution in [-0.4, -0.2) is 16.5 Å². The van der Waals surface area contributed by atoms with Crippen molar-refractivity contribution in [1.82, 2.24) is 4.98 Å². The summed E-state index contributed by atoms with van der Waals surface area (Å²) in [5.41, 5.74) is 1.09. The molecule has 0 aliphatic carbocycles. The summed E-state index contributed by atoms with van der Waals surface area (Å²) in [6.07, 6.45) is 2.35. The van der Waals surface area contributed by atoms with Gasteiger partial charge in [0.2, 0.25) is 0 Å². The van der Waals surface area contributed by atoms with E-state index in [-0.39, 0.29) is 5.69 Å². The first-order valence-corrected chi connectivity index (χ1v) is 6.43. The van der Waals surface area contributed by atoms with Crippen molar-refractivity contribution in [3.05, 3.63) is 62.9 Å². The number of non-ortho nitro benzene ring substituents is 1. The van der Waals surface area contributed by atoms with Crippen LogP contribution in [-0.2, 0) is 6.42 Å². The maximum absolute atomic E-state index is 10.5.